The number of piperazine rings is 1. The highest BCUT2D eigenvalue weighted by Crippen LogP contribution is 2.18. The first-order valence-corrected chi connectivity index (χ1v) is 10.4. The number of aliphatic hydroxyl groups excluding tert-OH is 1. The molecule has 1 aliphatic heterocycles. The van der Waals surface area contributed by atoms with E-state index in [2.05, 4.69) is 60.7 Å². The molecule has 1 fully saturated rings. The number of hydrogen-bond acceptors (Lipinski definition) is 5. The average molecular weight is 392 g/mol. The standard InChI is InChI=1S/C23H29N5O/c29-17-10-21-18-26(15-16-27(21)14-9-20-6-2-1-3-7-20)19-22-8-4-13-28(22)23-24-11-5-12-25-23/h1-8,11-13,21,29H,9-10,14-19H2. The molecule has 4 rings (SSSR count). The highest BCUT2D eigenvalue weighted by Gasteiger charge is 2.27. The van der Waals surface area contributed by atoms with E-state index >= 15 is 0 Å². The van der Waals surface area contributed by atoms with Gasteiger partial charge in [-0.05, 0) is 36.6 Å². The van der Waals surface area contributed by atoms with Gasteiger partial charge in [-0.3, -0.25) is 14.4 Å². The smallest absolute Gasteiger partial charge is 0.233 e. The molecule has 152 valence electrons. The summed E-state index contributed by atoms with van der Waals surface area (Å²) in [5, 5.41) is 9.59. The summed E-state index contributed by atoms with van der Waals surface area (Å²) in [6.45, 7) is 5.15. The van der Waals surface area contributed by atoms with E-state index in [4.69, 9.17) is 0 Å². The Kier molecular flexibility index (Phi) is 6.67. The third kappa shape index (κ3) is 5.09. The zero-order valence-corrected chi connectivity index (χ0v) is 16.8. The summed E-state index contributed by atoms with van der Waals surface area (Å²) >= 11 is 0. The van der Waals surface area contributed by atoms with E-state index in [1.807, 2.05) is 18.3 Å². The normalized spacial score (nSPS) is 18.2. The predicted molar refractivity (Wildman–Crippen MR) is 114 cm³/mol. The number of hydrogen-bond donors (Lipinski definition) is 1. The molecule has 1 unspecified atom stereocenters. The van der Waals surface area contributed by atoms with E-state index in [-0.39, 0.29) is 6.61 Å². The van der Waals surface area contributed by atoms with Gasteiger partial charge in [-0.1, -0.05) is 30.3 Å². The van der Waals surface area contributed by atoms with Crippen molar-refractivity contribution in [2.75, 3.05) is 32.8 Å². The topological polar surface area (TPSA) is 57.4 Å². The van der Waals surface area contributed by atoms with Crippen LogP contribution in [-0.4, -0.2) is 68.3 Å². The Hall–Kier alpha value is -2.54. The van der Waals surface area contributed by atoms with Crippen LogP contribution < -0.4 is 0 Å². The van der Waals surface area contributed by atoms with Gasteiger partial charge in [0.2, 0.25) is 5.95 Å². The van der Waals surface area contributed by atoms with Gasteiger partial charge in [0.1, 0.15) is 0 Å². The Labute approximate surface area is 172 Å². The summed E-state index contributed by atoms with van der Waals surface area (Å²) in [4.78, 5) is 13.8. The summed E-state index contributed by atoms with van der Waals surface area (Å²) in [7, 11) is 0. The van der Waals surface area contributed by atoms with Crippen molar-refractivity contribution in [2.24, 2.45) is 0 Å². The van der Waals surface area contributed by atoms with Gasteiger partial charge in [-0.25, -0.2) is 9.97 Å². The monoisotopic (exact) mass is 391 g/mol. The number of aliphatic hydroxyl groups is 1. The maximum atomic E-state index is 9.59. The van der Waals surface area contributed by atoms with Gasteiger partial charge in [-0.15, -0.1) is 0 Å². The van der Waals surface area contributed by atoms with Crippen molar-refractivity contribution in [3.05, 3.63) is 78.4 Å². The van der Waals surface area contributed by atoms with E-state index in [0.717, 1.165) is 45.6 Å². The summed E-state index contributed by atoms with van der Waals surface area (Å²) in [5.41, 5.74) is 2.56. The first-order valence-electron chi connectivity index (χ1n) is 10.4. The number of aromatic nitrogens is 3. The van der Waals surface area contributed by atoms with Crippen LogP contribution in [0, 0.1) is 0 Å². The van der Waals surface area contributed by atoms with E-state index in [0.29, 0.717) is 12.0 Å². The molecule has 0 spiro atoms. The molecule has 1 aromatic carbocycles. The largest absolute Gasteiger partial charge is 0.396 e. The zero-order chi connectivity index (χ0) is 19.9. The molecule has 0 saturated carbocycles. The molecule has 1 N–H and O–H groups in total. The second-order valence-electron chi connectivity index (χ2n) is 7.59. The maximum Gasteiger partial charge on any atom is 0.233 e. The molecule has 6 nitrogen and oxygen atoms in total. The Balaban J connectivity index is 1.38. The molecule has 1 aliphatic rings. The van der Waals surface area contributed by atoms with Gasteiger partial charge in [0.05, 0.1) is 0 Å². The molecule has 0 amide bonds. The quantitative estimate of drug-likeness (QED) is 0.639. The zero-order valence-electron chi connectivity index (χ0n) is 16.8. The number of rotatable bonds is 8. The van der Waals surface area contributed by atoms with Crippen molar-refractivity contribution in [3.63, 3.8) is 0 Å². The van der Waals surface area contributed by atoms with Crippen LogP contribution in [0.25, 0.3) is 5.95 Å². The van der Waals surface area contributed by atoms with E-state index in [9.17, 15) is 5.11 Å². The van der Waals surface area contributed by atoms with Crippen LogP contribution in [0.4, 0.5) is 0 Å². The highest BCUT2D eigenvalue weighted by molar-refractivity contribution is 5.20. The fourth-order valence-corrected chi connectivity index (χ4v) is 4.12. The lowest BCUT2D eigenvalue weighted by molar-refractivity contribution is 0.0553. The van der Waals surface area contributed by atoms with Crippen LogP contribution in [0.1, 0.15) is 17.7 Å². The summed E-state index contributed by atoms with van der Waals surface area (Å²) < 4.78 is 2.06. The molecule has 0 radical (unpaired) electrons. The molecule has 1 atom stereocenters. The van der Waals surface area contributed by atoms with Crippen LogP contribution in [0.5, 0.6) is 0 Å². The van der Waals surface area contributed by atoms with Gasteiger partial charge in [0.15, 0.2) is 0 Å². The first kappa shape index (κ1) is 19.8. The summed E-state index contributed by atoms with van der Waals surface area (Å²) in [5.74, 6) is 0.709. The fourth-order valence-electron chi connectivity index (χ4n) is 4.12. The van der Waals surface area contributed by atoms with Crippen molar-refractivity contribution in [2.45, 2.75) is 25.4 Å². The highest BCUT2D eigenvalue weighted by atomic mass is 16.3. The predicted octanol–water partition coefficient (Wildman–Crippen LogP) is 2.38. The maximum absolute atomic E-state index is 9.59. The summed E-state index contributed by atoms with van der Waals surface area (Å²) in [6, 6.07) is 17.1. The van der Waals surface area contributed by atoms with Gasteiger partial charge in [-0.2, -0.15) is 0 Å². The molecule has 0 bridgehead atoms. The Morgan fingerprint density at radius 2 is 1.79 bits per heavy atom. The minimum absolute atomic E-state index is 0.231. The summed E-state index contributed by atoms with van der Waals surface area (Å²) in [6.07, 6.45) is 7.43. The lowest BCUT2D eigenvalue weighted by Crippen LogP contribution is -2.53. The average Bonchev–Trinajstić information content (AvgIpc) is 3.23. The molecule has 2 aromatic heterocycles. The van der Waals surface area contributed by atoms with Gasteiger partial charge >= 0.3 is 0 Å². The fraction of sp³-hybridized carbons (Fsp3) is 0.391. The van der Waals surface area contributed by atoms with Crippen molar-refractivity contribution >= 4 is 0 Å². The van der Waals surface area contributed by atoms with Crippen molar-refractivity contribution in [3.8, 4) is 5.95 Å². The molecular formula is C23H29N5O. The Morgan fingerprint density at radius 1 is 0.966 bits per heavy atom. The lowest BCUT2D eigenvalue weighted by atomic mass is 10.1. The second-order valence-corrected chi connectivity index (χ2v) is 7.59. The molecule has 3 heterocycles. The van der Waals surface area contributed by atoms with Crippen LogP contribution in [0.3, 0.4) is 0 Å². The van der Waals surface area contributed by atoms with Crippen LogP contribution in [0.2, 0.25) is 0 Å². The van der Waals surface area contributed by atoms with Crippen molar-refractivity contribution in [1.82, 2.24) is 24.3 Å². The SMILES string of the molecule is OCCC1CN(Cc2cccn2-c2ncccn2)CCN1CCc1ccccc1. The Bertz CT molecular complexity index is 867. The third-order valence-electron chi connectivity index (χ3n) is 5.67. The third-order valence-corrected chi connectivity index (χ3v) is 5.67. The van der Waals surface area contributed by atoms with Crippen molar-refractivity contribution < 1.29 is 5.11 Å². The molecular weight excluding hydrogens is 362 g/mol. The second kappa shape index (κ2) is 9.78. The molecule has 0 aliphatic carbocycles. The van der Waals surface area contributed by atoms with Crippen LogP contribution in [-0.2, 0) is 13.0 Å². The van der Waals surface area contributed by atoms with E-state index in [1.165, 1.54) is 11.3 Å². The van der Waals surface area contributed by atoms with Crippen LogP contribution in [0.15, 0.2) is 67.1 Å². The Morgan fingerprint density at radius 3 is 2.59 bits per heavy atom. The van der Waals surface area contributed by atoms with Crippen molar-refractivity contribution in [1.29, 1.82) is 0 Å². The minimum Gasteiger partial charge on any atom is -0.396 e. The molecule has 1 saturated heterocycles. The van der Waals surface area contributed by atoms with E-state index < -0.39 is 0 Å². The molecule has 29 heavy (non-hydrogen) atoms. The van der Waals surface area contributed by atoms with Gasteiger partial charge in [0, 0.05) is 69.7 Å². The molecule has 3 aromatic rings. The first-order chi connectivity index (χ1) is 14.3. The molecule has 6 heteroatoms. The van der Waals surface area contributed by atoms with Gasteiger partial charge in [0.25, 0.3) is 0 Å². The van der Waals surface area contributed by atoms with E-state index in [1.54, 1.807) is 12.4 Å². The number of nitrogens with zero attached hydrogens (tertiary/aromatic N) is 5. The van der Waals surface area contributed by atoms with Gasteiger partial charge < -0.3 is 5.11 Å². The number of benzene rings is 1. The lowest BCUT2D eigenvalue weighted by Gasteiger charge is -2.41. The minimum atomic E-state index is 0.231. The van der Waals surface area contributed by atoms with Crippen LogP contribution >= 0.6 is 0 Å².